The maximum Gasteiger partial charge on any atom is 0.303 e. The smallest absolute Gasteiger partial charge is 0.303 e. The fraction of sp³-hybridized carbons (Fsp3) is 0.750. The molecule has 0 aliphatic heterocycles. The molecule has 0 aliphatic rings. The number of carboxylic acids is 1. The van der Waals surface area contributed by atoms with Gasteiger partial charge in [-0.25, -0.2) is 4.98 Å². The van der Waals surface area contributed by atoms with Crippen molar-refractivity contribution in [3.63, 3.8) is 0 Å². The molecule has 0 spiro atoms. The van der Waals surface area contributed by atoms with Gasteiger partial charge >= 0.3 is 5.97 Å². The summed E-state index contributed by atoms with van der Waals surface area (Å²) in [6, 6.07) is 0. The molecule has 0 aliphatic carbocycles. The summed E-state index contributed by atoms with van der Waals surface area (Å²) >= 11 is 1.35. The lowest BCUT2D eigenvalue weighted by Gasteiger charge is -2.12. The average Bonchev–Trinajstić information content (AvgIpc) is 2.71. The summed E-state index contributed by atoms with van der Waals surface area (Å²) in [5.74, 6) is 0.407. The average molecular weight is 271 g/mol. The van der Waals surface area contributed by atoms with Crippen LogP contribution in [0.3, 0.4) is 0 Å². The lowest BCUT2D eigenvalue weighted by Crippen LogP contribution is -2.15. The Hall–Kier alpha value is -1.17. The highest BCUT2D eigenvalue weighted by molar-refractivity contribution is 7.09. The van der Waals surface area contributed by atoms with E-state index in [2.05, 4.69) is 35.4 Å². The van der Waals surface area contributed by atoms with Gasteiger partial charge in [-0.05, 0) is 12.3 Å². The Balaban J connectivity index is 2.39. The molecule has 0 aromatic carbocycles. The molecular weight excluding hydrogens is 250 g/mol. The number of aromatic nitrogens is 2. The van der Waals surface area contributed by atoms with E-state index in [1.54, 1.807) is 0 Å². The number of hydrogen-bond donors (Lipinski definition) is 2. The molecule has 102 valence electrons. The number of nitrogens with zero attached hydrogens (tertiary/aromatic N) is 2. The lowest BCUT2D eigenvalue weighted by molar-refractivity contribution is -0.137. The van der Waals surface area contributed by atoms with Crippen LogP contribution in [-0.2, 0) is 10.2 Å². The van der Waals surface area contributed by atoms with E-state index >= 15 is 0 Å². The van der Waals surface area contributed by atoms with E-state index in [1.165, 1.54) is 11.5 Å². The SMILES string of the molecule is CC(CCC(=O)O)CNc1nc(C(C)(C)C)ns1. The number of rotatable bonds is 6. The van der Waals surface area contributed by atoms with Gasteiger partial charge in [0.25, 0.3) is 0 Å². The highest BCUT2D eigenvalue weighted by Crippen LogP contribution is 2.23. The third-order valence-corrected chi connectivity index (χ3v) is 3.22. The maximum atomic E-state index is 10.5. The Labute approximate surface area is 112 Å². The summed E-state index contributed by atoms with van der Waals surface area (Å²) in [5, 5.41) is 12.6. The van der Waals surface area contributed by atoms with Crippen molar-refractivity contribution in [2.24, 2.45) is 5.92 Å². The van der Waals surface area contributed by atoms with Crippen LogP contribution in [0.2, 0.25) is 0 Å². The maximum absolute atomic E-state index is 10.5. The number of aliphatic carboxylic acids is 1. The zero-order valence-corrected chi connectivity index (χ0v) is 12.2. The molecule has 0 saturated heterocycles. The second-order valence-corrected chi connectivity index (χ2v) is 6.34. The summed E-state index contributed by atoms with van der Waals surface area (Å²) in [7, 11) is 0. The zero-order valence-electron chi connectivity index (χ0n) is 11.4. The first-order valence-electron chi connectivity index (χ1n) is 6.09. The normalized spacial score (nSPS) is 13.3. The van der Waals surface area contributed by atoms with Crippen molar-refractivity contribution in [2.45, 2.75) is 46.0 Å². The molecule has 1 unspecified atom stereocenters. The number of anilines is 1. The molecular formula is C12H21N3O2S. The molecule has 1 heterocycles. The molecule has 1 atom stereocenters. The fourth-order valence-electron chi connectivity index (χ4n) is 1.33. The number of carboxylic acid groups (broad SMARTS) is 1. The monoisotopic (exact) mass is 271 g/mol. The van der Waals surface area contributed by atoms with E-state index in [0.717, 1.165) is 17.5 Å². The van der Waals surface area contributed by atoms with Crippen molar-refractivity contribution < 1.29 is 9.90 Å². The molecule has 2 N–H and O–H groups in total. The van der Waals surface area contributed by atoms with Crippen LogP contribution >= 0.6 is 11.5 Å². The number of nitrogens with one attached hydrogen (secondary N) is 1. The molecule has 1 aromatic heterocycles. The molecule has 6 heteroatoms. The molecule has 0 fully saturated rings. The van der Waals surface area contributed by atoms with Gasteiger partial charge in [0.05, 0.1) is 0 Å². The molecule has 1 rings (SSSR count). The van der Waals surface area contributed by atoms with Gasteiger partial charge in [0.15, 0.2) is 0 Å². The highest BCUT2D eigenvalue weighted by Gasteiger charge is 2.19. The van der Waals surface area contributed by atoms with E-state index in [4.69, 9.17) is 5.11 Å². The molecule has 0 bridgehead atoms. The molecule has 0 amide bonds. The van der Waals surface area contributed by atoms with Gasteiger partial charge in [-0.1, -0.05) is 27.7 Å². The van der Waals surface area contributed by atoms with Gasteiger partial charge in [0.2, 0.25) is 5.13 Å². The molecule has 1 aromatic rings. The first-order chi connectivity index (χ1) is 8.29. The van der Waals surface area contributed by atoms with Crippen LogP contribution in [0.4, 0.5) is 5.13 Å². The van der Waals surface area contributed by atoms with Crippen molar-refractivity contribution in [1.82, 2.24) is 9.36 Å². The topological polar surface area (TPSA) is 75.1 Å². The summed E-state index contributed by atoms with van der Waals surface area (Å²) in [6.45, 7) is 8.99. The Morgan fingerprint density at radius 1 is 1.50 bits per heavy atom. The molecule has 5 nitrogen and oxygen atoms in total. The van der Waals surface area contributed by atoms with Crippen LogP contribution in [0.15, 0.2) is 0 Å². The van der Waals surface area contributed by atoms with Gasteiger partial charge in [0.1, 0.15) is 5.82 Å². The second-order valence-electron chi connectivity index (χ2n) is 5.59. The Kier molecular flexibility index (Phi) is 5.07. The van der Waals surface area contributed by atoms with Crippen LogP contribution in [0, 0.1) is 5.92 Å². The van der Waals surface area contributed by atoms with Crippen molar-refractivity contribution in [3.8, 4) is 0 Å². The van der Waals surface area contributed by atoms with Crippen LogP contribution < -0.4 is 5.32 Å². The van der Waals surface area contributed by atoms with E-state index in [0.29, 0.717) is 12.3 Å². The quantitative estimate of drug-likeness (QED) is 0.832. The van der Waals surface area contributed by atoms with E-state index in [1.807, 2.05) is 6.92 Å². The summed E-state index contributed by atoms with van der Waals surface area (Å²) in [6.07, 6.45) is 0.888. The van der Waals surface area contributed by atoms with E-state index in [9.17, 15) is 4.79 Å². The first-order valence-corrected chi connectivity index (χ1v) is 6.86. The zero-order chi connectivity index (χ0) is 13.8. The van der Waals surface area contributed by atoms with E-state index in [-0.39, 0.29) is 11.8 Å². The minimum absolute atomic E-state index is 0.0364. The third-order valence-electron chi connectivity index (χ3n) is 2.55. The predicted octanol–water partition coefficient (Wildman–Crippen LogP) is 2.75. The van der Waals surface area contributed by atoms with Gasteiger partial charge in [-0.2, -0.15) is 4.37 Å². The van der Waals surface area contributed by atoms with E-state index < -0.39 is 5.97 Å². The number of hydrogen-bond acceptors (Lipinski definition) is 5. The summed E-state index contributed by atoms with van der Waals surface area (Å²) < 4.78 is 4.31. The standard InChI is InChI=1S/C12H21N3O2S/c1-8(5-6-9(16)17)7-13-11-14-10(15-18-11)12(2,3)4/h8H,5-7H2,1-4H3,(H,16,17)(H,13,14,15). The summed E-state index contributed by atoms with van der Waals surface area (Å²) in [5.41, 5.74) is -0.0364. The second kappa shape index (κ2) is 6.13. The Morgan fingerprint density at radius 2 is 2.17 bits per heavy atom. The minimum Gasteiger partial charge on any atom is -0.481 e. The van der Waals surface area contributed by atoms with Crippen LogP contribution in [-0.4, -0.2) is 27.0 Å². The van der Waals surface area contributed by atoms with Gasteiger partial charge in [-0.15, -0.1) is 0 Å². The third kappa shape index (κ3) is 5.00. The van der Waals surface area contributed by atoms with Gasteiger partial charge in [-0.3, -0.25) is 4.79 Å². The van der Waals surface area contributed by atoms with Crippen LogP contribution in [0.5, 0.6) is 0 Å². The fourth-order valence-corrected chi connectivity index (χ4v) is 2.10. The van der Waals surface area contributed by atoms with Crippen molar-refractivity contribution in [2.75, 3.05) is 11.9 Å². The van der Waals surface area contributed by atoms with Crippen LogP contribution in [0.25, 0.3) is 0 Å². The van der Waals surface area contributed by atoms with Gasteiger partial charge in [0, 0.05) is 29.9 Å². The van der Waals surface area contributed by atoms with Crippen molar-refractivity contribution in [3.05, 3.63) is 5.82 Å². The predicted molar refractivity (Wildman–Crippen MR) is 73.1 cm³/mol. The minimum atomic E-state index is -0.743. The van der Waals surface area contributed by atoms with Crippen molar-refractivity contribution in [1.29, 1.82) is 0 Å². The lowest BCUT2D eigenvalue weighted by atomic mass is 9.96. The largest absolute Gasteiger partial charge is 0.481 e. The van der Waals surface area contributed by atoms with Crippen molar-refractivity contribution >= 4 is 22.6 Å². The Bertz CT molecular complexity index is 398. The Morgan fingerprint density at radius 3 is 2.67 bits per heavy atom. The van der Waals surface area contributed by atoms with Gasteiger partial charge < -0.3 is 10.4 Å². The molecule has 18 heavy (non-hydrogen) atoms. The molecule has 0 radical (unpaired) electrons. The first kappa shape index (κ1) is 14.9. The highest BCUT2D eigenvalue weighted by atomic mass is 32.1. The summed E-state index contributed by atoms with van der Waals surface area (Å²) in [4.78, 5) is 14.9. The molecule has 0 saturated carbocycles. The van der Waals surface area contributed by atoms with Crippen LogP contribution in [0.1, 0.15) is 46.4 Å². The number of carbonyl (C=O) groups is 1.